The van der Waals surface area contributed by atoms with E-state index in [2.05, 4.69) is 20.3 Å². The summed E-state index contributed by atoms with van der Waals surface area (Å²) in [5.41, 5.74) is 2.18. The van der Waals surface area contributed by atoms with Crippen LogP contribution in [0.15, 0.2) is 35.2 Å². The molecule has 0 spiro atoms. The number of hydrogen-bond acceptors (Lipinski definition) is 4. The molecule has 0 saturated carbocycles. The summed E-state index contributed by atoms with van der Waals surface area (Å²) in [5.74, 6) is 0.922. The second-order valence-electron chi connectivity index (χ2n) is 5.51. The fraction of sp³-hybridized carbons (Fsp3) is 0.312. The highest BCUT2D eigenvalue weighted by molar-refractivity contribution is 6.15. The van der Waals surface area contributed by atoms with Gasteiger partial charge in [0.15, 0.2) is 0 Å². The van der Waals surface area contributed by atoms with Gasteiger partial charge in [0.1, 0.15) is 17.2 Å². The Kier molecular flexibility index (Phi) is 3.23. The molecule has 0 radical (unpaired) electrons. The highest BCUT2D eigenvalue weighted by atomic mass is 16.5. The van der Waals surface area contributed by atoms with Gasteiger partial charge in [-0.25, -0.2) is 9.98 Å². The molecular formula is C16H16N4O2. The van der Waals surface area contributed by atoms with E-state index in [0.29, 0.717) is 5.70 Å². The third-order valence-corrected chi connectivity index (χ3v) is 4.10. The number of aromatic nitrogens is 2. The van der Waals surface area contributed by atoms with Gasteiger partial charge in [-0.05, 0) is 31.1 Å². The predicted octanol–water partition coefficient (Wildman–Crippen LogP) is 1.86. The van der Waals surface area contributed by atoms with Crippen molar-refractivity contribution < 1.29 is 9.53 Å². The second-order valence-corrected chi connectivity index (χ2v) is 5.51. The molecule has 1 fully saturated rings. The minimum Gasteiger partial charge on any atom is -0.381 e. The zero-order valence-corrected chi connectivity index (χ0v) is 12.0. The SMILES string of the molecule is O=C1NC(C2CCOCC2)=NC1=Cc1c[nH]c2ncccc12. The molecule has 4 heterocycles. The predicted molar refractivity (Wildman–Crippen MR) is 83.2 cm³/mol. The van der Waals surface area contributed by atoms with Gasteiger partial charge in [-0.2, -0.15) is 0 Å². The molecule has 4 rings (SSSR count). The fourth-order valence-corrected chi connectivity index (χ4v) is 2.89. The molecule has 22 heavy (non-hydrogen) atoms. The maximum Gasteiger partial charge on any atom is 0.275 e. The van der Waals surface area contributed by atoms with Crippen LogP contribution in [-0.4, -0.2) is 34.9 Å². The summed E-state index contributed by atoms with van der Waals surface area (Å²) in [4.78, 5) is 24.0. The summed E-state index contributed by atoms with van der Waals surface area (Å²) in [7, 11) is 0. The van der Waals surface area contributed by atoms with E-state index in [9.17, 15) is 4.79 Å². The van der Waals surface area contributed by atoms with Crippen LogP contribution < -0.4 is 5.32 Å². The first-order valence-corrected chi connectivity index (χ1v) is 7.43. The van der Waals surface area contributed by atoms with E-state index in [0.717, 1.165) is 48.5 Å². The number of amides is 1. The van der Waals surface area contributed by atoms with Crippen molar-refractivity contribution in [3.05, 3.63) is 35.8 Å². The zero-order valence-electron chi connectivity index (χ0n) is 12.0. The Morgan fingerprint density at radius 2 is 2.18 bits per heavy atom. The summed E-state index contributed by atoms with van der Waals surface area (Å²) in [6, 6.07) is 3.85. The Morgan fingerprint density at radius 1 is 1.32 bits per heavy atom. The summed E-state index contributed by atoms with van der Waals surface area (Å²) < 4.78 is 5.35. The molecule has 2 aromatic heterocycles. The van der Waals surface area contributed by atoms with Crippen LogP contribution in [0.2, 0.25) is 0 Å². The van der Waals surface area contributed by atoms with Crippen LogP contribution in [0.25, 0.3) is 17.1 Å². The number of hydrogen-bond donors (Lipinski definition) is 2. The molecule has 0 aliphatic carbocycles. The second kappa shape index (κ2) is 5.38. The first-order chi connectivity index (χ1) is 10.8. The Hall–Kier alpha value is -2.47. The number of carbonyl (C=O) groups is 1. The number of ether oxygens (including phenoxy) is 1. The van der Waals surface area contributed by atoms with Crippen LogP contribution >= 0.6 is 0 Å². The molecule has 0 aromatic carbocycles. The lowest BCUT2D eigenvalue weighted by Crippen LogP contribution is -2.33. The summed E-state index contributed by atoms with van der Waals surface area (Å²) in [6.07, 6.45) is 7.20. The van der Waals surface area contributed by atoms with Crippen LogP contribution in [0.4, 0.5) is 0 Å². The summed E-state index contributed by atoms with van der Waals surface area (Å²) >= 11 is 0. The first kappa shape index (κ1) is 13.2. The van der Waals surface area contributed by atoms with Crippen molar-refractivity contribution in [3.63, 3.8) is 0 Å². The summed E-state index contributed by atoms with van der Waals surface area (Å²) in [6.45, 7) is 1.46. The topological polar surface area (TPSA) is 79.4 Å². The van der Waals surface area contributed by atoms with Gasteiger partial charge in [0.25, 0.3) is 5.91 Å². The van der Waals surface area contributed by atoms with Gasteiger partial charge in [0.05, 0.1) is 0 Å². The Labute approximate surface area is 127 Å². The molecule has 0 atom stereocenters. The molecule has 0 unspecified atom stereocenters. The summed E-state index contributed by atoms with van der Waals surface area (Å²) in [5, 5.41) is 3.88. The van der Waals surface area contributed by atoms with Gasteiger partial charge >= 0.3 is 0 Å². The highest BCUT2D eigenvalue weighted by Crippen LogP contribution is 2.23. The molecule has 2 aromatic rings. The standard InChI is InChI=1S/C16H16N4O2/c21-16-13(19-14(20-16)10-3-6-22-7-4-10)8-11-9-18-15-12(11)2-1-5-17-15/h1-2,5,8-10H,3-4,6-7H2,(H,17,18)(H,19,20,21). The first-order valence-electron chi connectivity index (χ1n) is 7.43. The third kappa shape index (κ3) is 2.31. The number of amidine groups is 1. The molecule has 1 amide bonds. The van der Waals surface area contributed by atoms with Crippen LogP contribution in [0, 0.1) is 5.92 Å². The number of H-pyrrole nitrogens is 1. The monoisotopic (exact) mass is 296 g/mol. The van der Waals surface area contributed by atoms with Gasteiger partial charge in [0.2, 0.25) is 0 Å². The molecule has 2 aliphatic heterocycles. The Morgan fingerprint density at radius 3 is 3.05 bits per heavy atom. The molecule has 2 aliphatic rings. The minimum absolute atomic E-state index is 0.139. The number of nitrogens with one attached hydrogen (secondary N) is 2. The highest BCUT2D eigenvalue weighted by Gasteiger charge is 2.27. The number of aromatic amines is 1. The van der Waals surface area contributed by atoms with Crippen molar-refractivity contribution in [1.82, 2.24) is 15.3 Å². The largest absolute Gasteiger partial charge is 0.381 e. The van der Waals surface area contributed by atoms with E-state index >= 15 is 0 Å². The van der Waals surface area contributed by atoms with Gasteiger partial charge in [-0.1, -0.05) is 0 Å². The lowest BCUT2D eigenvalue weighted by molar-refractivity contribution is -0.115. The van der Waals surface area contributed by atoms with Crippen molar-refractivity contribution >= 4 is 28.9 Å². The van der Waals surface area contributed by atoms with Crippen molar-refractivity contribution in [2.75, 3.05) is 13.2 Å². The average Bonchev–Trinajstić information content (AvgIpc) is 3.13. The minimum atomic E-state index is -0.139. The van der Waals surface area contributed by atoms with Crippen LogP contribution in [0.1, 0.15) is 18.4 Å². The zero-order chi connectivity index (χ0) is 14.9. The van der Waals surface area contributed by atoms with Crippen molar-refractivity contribution in [1.29, 1.82) is 0 Å². The van der Waals surface area contributed by atoms with E-state index in [-0.39, 0.29) is 11.8 Å². The van der Waals surface area contributed by atoms with Crippen molar-refractivity contribution in [3.8, 4) is 0 Å². The number of carbonyl (C=O) groups excluding carboxylic acids is 1. The van der Waals surface area contributed by atoms with E-state index < -0.39 is 0 Å². The number of fused-ring (bicyclic) bond motifs is 1. The molecule has 6 heteroatoms. The molecule has 1 saturated heterocycles. The van der Waals surface area contributed by atoms with E-state index in [4.69, 9.17) is 4.74 Å². The maximum atomic E-state index is 12.1. The molecule has 0 bridgehead atoms. The molecule has 2 N–H and O–H groups in total. The quantitative estimate of drug-likeness (QED) is 0.830. The molecular weight excluding hydrogens is 280 g/mol. The Bertz CT molecular complexity index is 784. The van der Waals surface area contributed by atoms with Crippen molar-refractivity contribution in [2.45, 2.75) is 12.8 Å². The normalized spacial score (nSPS) is 21.4. The lowest BCUT2D eigenvalue weighted by atomic mass is 9.99. The Balaban J connectivity index is 1.66. The lowest BCUT2D eigenvalue weighted by Gasteiger charge is -2.21. The number of aliphatic imine (C=N–C) groups is 1. The average molecular weight is 296 g/mol. The van der Waals surface area contributed by atoms with Crippen LogP contribution in [-0.2, 0) is 9.53 Å². The number of nitrogens with zero attached hydrogens (tertiary/aromatic N) is 2. The van der Waals surface area contributed by atoms with Gasteiger partial charge in [-0.15, -0.1) is 0 Å². The van der Waals surface area contributed by atoms with E-state index in [1.54, 1.807) is 6.20 Å². The smallest absolute Gasteiger partial charge is 0.275 e. The molecule has 112 valence electrons. The van der Waals surface area contributed by atoms with Crippen LogP contribution in [0.3, 0.4) is 0 Å². The number of pyridine rings is 1. The van der Waals surface area contributed by atoms with Crippen LogP contribution in [0.5, 0.6) is 0 Å². The van der Waals surface area contributed by atoms with Crippen molar-refractivity contribution in [2.24, 2.45) is 10.9 Å². The molecule has 6 nitrogen and oxygen atoms in total. The fourth-order valence-electron chi connectivity index (χ4n) is 2.89. The maximum absolute atomic E-state index is 12.1. The van der Waals surface area contributed by atoms with Gasteiger partial charge in [0, 0.05) is 42.5 Å². The van der Waals surface area contributed by atoms with E-state index in [1.807, 2.05) is 24.4 Å². The number of rotatable bonds is 2. The third-order valence-electron chi connectivity index (χ3n) is 4.10. The van der Waals surface area contributed by atoms with Gasteiger partial charge < -0.3 is 15.0 Å². The van der Waals surface area contributed by atoms with E-state index in [1.165, 1.54) is 0 Å². The van der Waals surface area contributed by atoms with Gasteiger partial charge in [-0.3, -0.25) is 4.79 Å².